The van der Waals surface area contributed by atoms with Gasteiger partial charge in [-0.1, -0.05) is 36.4 Å². The van der Waals surface area contributed by atoms with E-state index in [1.807, 2.05) is 0 Å². The number of hydrogen-bond donors (Lipinski definition) is 1. The lowest BCUT2D eigenvalue weighted by Crippen LogP contribution is -2.35. The summed E-state index contributed by atoms with van der Waals surface area (Å²) >= 11 is 0. The Bertz CT molecular complexity index is 484. The number of piperidine rings is 1. The molecule has 100 valence electrons. The van der Waals surface area contributed by atoms with Crippen molar-refractivity contribution in [3.63, 3.8) is 0 Å². The summed E-state index contributed by atoms with van der Waals surface area (Å²) in [5.74, 6) is 0. The van der Waals surface area contributed by atoms with E-state index in [0.717, 1.165) is 26.1 Å². The molecule has 1 unspecified atom stereocenters. The lowest BCUT2D eigenvalue weighted by molar-refractivity contribution is 0.0253. The fourth-order valence-electron chi connectivity index (χ4n) is 2.65. The first kappa shape index (κ1) is 12.6. The molecule has 1 aliphatic carbocycles. The predicted octanol–water partition coefficient (Wildman–Crippen LogP) is 3.39. The summed E-state index contributed by atoms with van der Waals surface area (Å²) in [6, 6.07) is 6.62. The van der Waals surface area contributed by atoms with Crippen LogP contribution in [-0.2, 0) is 11.3 Å². The topological polar surface area (TPSA) is 21.3 Å². The van der Waals surface area contributed by atoms with Crippen LogP contribution < -0.4 is 5.32 Å². The Balaban J connectivity index is 1.65. The third kappa shape index (κ3) is 3.34. The van der Waals surface area contributed by atoms with Gasteiger partial charge in [0.05, 0.1) is 12.7 Å². The molecule has 1 N–H and O–H groups in total. The first-order valence-electron chi connectivity index (χ1n) is 7.20. The number of rotatable bonds is 3. The van der Waals surface area contributed by atoms with E-state index in [0.29, 0.717) is 6.10 Å². The van der Waals surface area contributed by atoms with Gasteiger partial charge in [0.1, 0.15) is 0 Å². The summed E-state index contributed by atoms with van der Waals surface area (Å²) in [7, 11) is 0. The summed E-state index contributed by atoms with van der Waals surface area (Å²) in [4.78, 5) is 0. The zero-order valence-corrected chi connectivity index (χ0v) is 11.3. The summed E-state index contributed by atoms with van der Waals surface area (Å²) in [5, 5.41) is 3.38. The van der Waals surface area contributed by atoms with Crippen LogP contribution in [0.5, 0.6) is 0 Å². The van der Waals surface area contributed by atoms with Gasteiger partial charge in [-0.2, -0.15) is 0 Å². The molecule has 0 amide bonds. The zero-order valence-electron chi connectivity index (χ0n) is 11.3. The van der Waals surface area contributed by atoms with Crippen molar-refractivity contribution in [3.8, 4) is 0 Å². The second-order valence-corrected chi connectivity index (χ2v) is 5.28. The van der Waals surface area contributed by atoms with Gasteiger partial charge in [0.2, 0.25) is 0 Å². The van der Waals surface area contributed by atoms with Gasteiger partial charge >= 0.3 is 0 Å². The molecule has 2 aliphatic rings. The van der Waals surface area contributed by atoms with Crippen molar-refractivity contribution in [2.24, 2.45) is 0 Å². The number of hydrogen-bond acceptors (Lipinski definition) is 2. The van der Waals surface area contributed by atoms with Crippen molar-refractivity contribution < 1.29 is 4.74 Å². The fraction of sp³-hybridized carbons (Fsp3) is 0.412. The van der Waals surface area contributed by atoms with E-state index in [2.05, 4.69) is 47.8 Å². The Hall–Kier alpha value is -1.38. The Morgan fingerprint density at radius 2 is 2.05 bits per heavy atom. The molecule has 19 heavy (non-hydrogen) atoms. The number of benzene rings is 1. The van der Waals surface area contributed by atoms with Gasteiger partial charge in [-0.3, -0.25) is 0 Å². The normalized spacial score (nSPS) is 22.0. The van der Waals surface area contributed by atoms with Gasteiger partial charge in [0, 0.05) is 6.54 Å². The molecule has 0 saturated carbocycles. The molecule has 0 spiro atoms. The zero-order chi connectivity index (χ0) is 12.9. The highest BCUT2D eigenvalue weighted by molar-refractivity contribution is 5.67. The number of allylic oxidation sites excluding steroid dienone is 2. The van der Waals surface area contributed by atoms with E-state index in [4.69, 9.17) is 4.74 Å². The van der Waals surface area contributed by atoms with Crippen LogP contribution in [0.4, 0.5) is 0 Å². The van der Waals surface area contributed by atoms with E-state index in [1.165, 1.54) is 29.5 Å². The van der Waals surface area contributed by atoms with Gasteiger partial charge in [0.15, 0.2) is 0 Å². The summed E-state index contributed by atoms with van der Waals surface area (Å²) in [6.07, 6.45) is 12.6. The van der Waals surface area contributed by atoms with E-state index >= 15 is 0 Å². The Kier molecular flexibility index (Phi) is 4.11. The average molecular weight is 255 g/mol. The molecule has 1 atom stereocenters. The molecule has 2 nitrogen and oxygen atoms in total. The molecule has 3 rings (SSSR count). The average Bonchev–Trinajstić information content (AvgIpc) is 2.71. The minimum atomic E-state index is 0.378. The van der Waals surface area contributed by atoms with Gasteiger partial charge in [0.25, 0.3) is 0 Å². The molecule has 2 heteroatoms. The molecule has 1 aromatic carbocycles. The highest BCUT2D eigenvalue weighted by Gasteiger charge is 2.13. The predicted molar refractivity (Wildman–Crippen MR) is 79.8 cm³/mol. The van der Waals surface area contributed by atoms with Crippen molar-refractivity contribution in [3.05, 3.63) is 47.0 Å². The molecule has 1 aromatic rings. The first-order valence-corrected chi connectivity index (χ1v) is 7.20. The molecule has 1 saturated heterocycles. The smallest absolute Gasteiger partial charge is 0.0721 e. The molecular weight excluding hydrogens is 234 g/mol. The van der Waals surface area contributed by atoms with Crippen LogP contribution in [0.25, 0.3) is 12.2 Å². The lowest BCUT2D eigenvalue weighted by atomic mass is 10.0. The van der Waals surface area contributed by atoms with Crippen molar-refractivity contribution in [2.75, 3.05) is 13.1 Å². The third-order valence-electron chi connectivity index (χ3n) is 3.76. The van der Waals surface area contributed by atoms with Crippen molar-refractivity contribution in [2.45, 2.75) is 32.0 Å². The molecule has 0 aromatic heterocycles. The maximum atomic E-state index is 5.99. The Labute approximate surface area is 115 Å². The van der Waals surface area contributed by atoms with Crippen LogP contribution >= 0.6 is 0 Å². The van der Waals surface area contributed by atoms with E-state index in [9.17, 15) is 0 Å². The minimum absolute atomic E-state index is 0.378. The summed E-state index contributed by atoms with van der Waals surface area (Å²) < 4.78 is 5.99. The quantitative estimate of drug-likeness (QED) is 0.894. The van der Waals surface area contributed by atoms with Gasteiger partial charge in [-0.25, -0.2) is 0 Å². The minimum Gasteiger partial charge on any atom is -0.372 e. The van der Waals surface area contributed by atoms with E-state index < -0.39 is 0 Å². The number of fused-ring (bicyclic) bond motifs is 1. The molecule has 0 bridgehead atoms. The van der Waals surface area contributed by atoms with Crippen LogP contribution in [0.3, 0.4) is 0 Å². The highest BCUT2D eigenvalue weighted by Crippen LogP contribution is 2.20. The maximum absolute atomic E-state index is 5.99. The number of nitrogens with one attached hydrogen (secondary N) is 1. The SMILES string of the molecule is C1=Cc2ccc(COC3CCCNC3)cc2C=CC1. The first-order chi connectivity index (χ1) is 9.42. The lowest BCUT2D eigenvalue weighted by Gasteiger charge is -2.23. The Morgan fingerprint density at radius 1 is 1.16 bits per heavy atom. The van der Waals surface area contributed by atoms with Crippen LogP contribution in [0.2, 0.25) is 0 Å². The highest BCUT2D eigenvalue weighted by atomic mass is 16.5. The largest absolute Gasteiger partial charge is 0.372 e. The molecule has 0 radical (unpaired) electrons. The van der Waals surface area contributed by atoms with E-state index in [1.54, 1.807) is 0 Å². The van der Waals surface area contributed by atoms with Crippen molar-refractivity contribution >= 4 is 12.2 Å². The molecule has 1 aliphatic heterocycles. The second kappa shape index (κ2) is 6.18. The van der Waals surface area contributed by atoms with Crippen molar-refractivity contribution in [1.29, 1.82) is 0 Å². The molecular formula is C17H21NO. The van der Waals surface area contributed by atoms with Crippen molar-refractivity contribution in [1.82, 2.24) is 5.32 Å². The van der Waals surface area contributed by atoms with E-state index in [-0.39, 0.29) is 0 Å². The maximum Gasteiger partial charge on any atom is 0.0721 e. The molecule has 1 fully saturated rings. The standard InChI is InChI=1S/C17H21NO/c1-2-5-15-9-8-14(11-16(15)6-3-1)13-19-17-7-4-10-18-12-17/h2-3,5-6,8-9,11,17-18H,1,4,7,10,12-13H2. The third-order valence-corrected chi connectivity index (χ3v) is 3.76. The van der Waals surface area contributed by atoms with Crippen LogP contribution in [0.1, 0.15) is 36.0 Å². The Morgan fingerprint density at radius 3 is 2.89 bits per heavy atom. The number of ether oxygens (including phenoxy) is 1. The van der Waals surface area contributed by atoms with Crippen LogP contribution in [-0.4, -0.2) is 19.2 Å². The van der Waals surface area contributed by atoms with Crippen LogP contribution in [0.15, 0.2) is 30.4 Å². The monoisotopic (exact) mass is 255 g/mol. The second-order valence-electron chi connectivity index (χ2n) is 5.28. The van der Waals surface area contributed by atoms with Gasteiger partial charge < -0.3 is 10.1 Å². The molecule has 1 heterocycles. The van der Waals surface area contributed by atoms with Crippen LogP contribution in [0, 0.1) is 0 Å². The van der Waals surface area contributed by atoms with Gasteiger partial charge in [-0.05, 0) is 48.6 Å². The fourth-order valence-corrected chi connectivity index (χ4v) is 2.65. The van der Waals surface area contributed by atoms with Gasteiger partial charge in [-0.15, -0.1) is 0 Å². The summed E-state index contributed by atoms with van der Waals surface area (Å²) in [5.41, 5.74) is 3.87. The summed E-state index contributed by atoms with van der Waals surface area (Å²) in [6.45, 7) is 2.85.